The summed E-state index contributed by atoms with van der Waals surface area (Å²) in [4.78, 5) is 0.126. The Hall–Kier alpha value is -2.09. The molecule has 7 heteroatoms. The average Bonchev–Trinajstić information content (AvgIpc) is 2.66. The molecule has 0 unspecified atom stereocenters. The lowest BCUT2D eigenvalue weighted by atomic mass is 9.97. The van der Waals surface area contributed by atoms with E-state index in [0.29, 0.717) is 30.3 Å². The lowest BCUT2D eigenvalue weighted by Crippen LogP contribution is -2.40. The predicted molar refractivity (Wildman–Crippen MR) is 107 cm³/mol. The van der Waals surface area contributed by atoms with Crippen LogP contribution in [-0.4, -0.2) is 44.1 Å². The number of aliphatic hydroxyl groups is 1. The number of hydrogen-bond donors (Lipinski definition) is 1. The van der Waals surface area contributed by atoms with E-state index in [1.165, 1.54) is 16.4 Å². The Morgan fingerprint density at radius 1 is 1.04 bits per heavy atom. The summed E-state index contributed by atoms with van der Waals surface area (Å²) in [5.41, 5.74) is 0.399. The van der Waals surface area contributed by atoms with E-state index in [2.05, 4.69) is 0 Å². The van der Waals surface area contributed by atoms with Crippen molar-refractivity contribution in [1.29, 1.82) is 0 Å². The lowest BCUT2D eigenvalue weighted by Gasteiger charge is -2.31. The van der Waals surface area contributed by atoms with Crippen LogP contribution in [0.25, 0.3) is 0 Å². The number of aliphatic hydroxyl groups excluding tert-OH is 1. The minimum atomic E-state index is -3.83. The molecule has 0 saturated heterocycles. The molecule has 1 atom stereocenters. The third-order valence-corrected chi connectivity index (χ3v) is 6.17. The van der Waals surface area contributed by atoms with E-state index < -0.39 is 16.1 Å². The van der Waals surface area contributed by atoms with Gasteiger partial charge >= 0.3 is 0 Å². The van der Waals surface area contributed by atoms with E-state index in [0.717, 1.165) is 0 Å². The van der Waals surface area contributed by atoms with Crippen molar-refractivity contribution in [3.05, 3.63) is 54.1 Å². The van der Waals surface area contributed by atoms with Gasteiger partial charge in [0.05, 0.1) is 11.0 Å². The largest absolute Gasteiger partial charge is 0.486 e. The van der Waals surface area contributed by atoms with Crippen molar-refractivity contribution in [2.24, 2.45) is 5.41 Å². The van der Waals surface area contributed by atoms with Gasteiger partial charge in [0, 0.05) is 19.2 Å². The van der Waals surface area contributed by atoms with Crippen LogP contribution in [0.4, 0.5) is 0 Å². The maximum atomic E-state index is 13.4. The number of sulfonamides is 1. The van der Waals surface area contributed by atoms with Crippen molar-refractivity contribution in [2.45, 2.75) is 31.8 Å². The van der Waals surface area contributed by atoms with E-state index in [-0.39, 0.29) is 23.4 Å². The summed E-state index contributed by atoms with van der Waals surface area (Å²) in [6.45, 7) is 6.97. The summed E-state index contributed by atoms with van der Waals surface area (Å²) in [5, 5.41) is 10.6. The number of hydrogen-bond acceptors (Lipinski definition) is 5. The third-order valence-electron chi connectivity index (χ3n) is 4.36. The number of ether oxygens (including phenoxy) is 2. The van der Waals surface area contributed by atoms with Gasteiger partial charge in [-0.25, -0.2) is 8.42 Å². The van der Waals surface area contributed by atoms with E-state index >= 15 is 0 Å². The molecule has 0 radical (unpaired) electrons. The smallest absolute Gasteiger partial charge is 0.243 e. The second-order valence-corrected chi connectivity index (χ2v) is 10.0. The van der Waals surface area contributed by atoms with Gasteiger partial charge in [-0.3, -0.25) is 0 Å². The van der Waals surface area contributed by atoms with Crippen LogP contribution in [0.15, 0.2) is 53.4 Å². The minimum Gasteiger partial charge on any atom is -0.486 e. The number of rotatable bonds is 6. The topological polar surface area (TPSA) is 76.1 Å². The zero-order chi connectivity index (χ0) is 20.4. The Bertz CT molecular complexity index is 906. The molecular formula is C21H27NO5S. The standard InChI is InChI=1S/C21H27NO5S/c1-21(2,3)15-22(14-18(23)16-7-5-4-6-8-16)28(24,25)17-9-10-19-20(13-17)27-12-11-26-19/h4-10,13,18,23H,11-12,14-15H2,1-3H3/t18-/m0/s1. The molecule has 0 saturated carbocycles. The Kier molecular flexibility index (Phi) is 5.98. The molecule has 2 aromatic carbocycles. The van der Waals surface area contributed by atoms with Gasteiger partial charge in [0.1, 0.15) is 13.2 Å². The first-order chi connectivity index (χ1) is 13.2. The molecule has 2 aromatic rings. The molecule has 0 spiro atoms. The second-order valence-electron chi connectivity index (χ2n) is 8.09. The molecule has 3 rings (SSSR count). The van der Waals surface area contributed by atoms with Gasteiger partial charge in [0.25, 0.3) is 0 Å². The van der Waals surface area contributed by atoms with Gasteiger partial charge in [-0.15, -0.1) is 0 Å². The highest BCUT2D eigenvalue weighted by atomic mass is 32.2. The zero-order valence-corrected chi connectivity index (χ0v) is 17.3. The summed E-state index contributed by atoms with van der Waals surface area (Å²) < 4.78 is 39.1. The summed E-state index contributed by atoms with van der Waals surface area (Å²) >= 11 is 0. The number of fused-ring (bicyclic) bond motifs is 1. The molecule has 0 amide bonds. The van der Waals surface area contributed by atoms with E-state index in [4.69, 9.17) is 9.47 Å². The maximum absolute atomic E-state index is 13.4. The zero-order valence-electron chi connectivity index (χ0n) is 16.5. The van der Waals surface area contributed by atoms with E-state index in [9.17, 15) is 13.5 Å². The minimum absolute atomic E-state index is 0.0297. The molecule has 0 fully saturated rings. The molecule has 1 aliphatic heterocycles. The van der Waals surface area contributed by atoms with Crippen molar-refractivity contribution in [2.75, 3.05) is 26.3 Å². The monoisotopic (exact) mass is 405 g/mol. The fourth-order valence-electron chi connectivity index (χ4n) is 3.08. The number of nitrogens with zero attached hydrogens (tertiary/aromatic N) is 1. The maximum Gasteiger partial charge on any atom is 0.243 e. The van der Waals surface area contributed by atoms with Gasteiger partial charge in [-0.1, -0.05) is 51.1 Å². The summed E-state index contributed by atoms with van der Waals surface area (Å²) in [6.07, 6.45) is -0.921. The fourth-order valence-corrected chi connectivity index (χ4v) is 4.77. The third kappa shape index (κ3) is 4.84. The summed E-state index contributed by atoms with van der Waals surface area (Å²) in [5.74, 6) is 0.962. The predicted octanol–water partition coefficient (Wildman–Crippen LogP) is 3.23. The quantitative estimate of drug-likeness (QED) is 0.799. The highest BCUT2D eigenvalue weighted by Crippen LogP contribution is 2.34. The lowest BCUT2D eigenvalue weighted by molar-refractivity contribution is 0.134. The van der Waals surface area contributed by atoms with Crippen molar-refractivity contribution in [3.8, 4) is 11.5 Å². The molecule has 1 heterocycles. The van der Waals surface area contributed by atoms with Crippen LogP contribution in [0, 0.1) is 5.41 Å². The van der Waals surface area contributed by atoms with Crippen LogP contribution in [0.1, 0.15) is 32.4 Å². The van der Waals surface area contributed by atoms with Gasteiger partial charge in [-0.05, 0) is 23.1 Å². The molecular weight excluding hydrogens is 378 g/mol. The van der Waals surface area contributed by atoms with Crippen LogP contribution in [0.5, 0.6) is 11.5 Å². The first-order valence-corrected chi connectivity index (χ1v) is 10.7. The van der Waals surface area contributed by atoms with Crippen molar-refractivity contribution >= 4 is 10.0 Å². The van der Waals surface area contributed by atoms with Crippen LogP contribution in [-0.2, 0) is 10.0 Å². The van der Waals surface area contributed by atoms with Crippen molar-refractivity contribution in [1.82, 2.24) is 4.31 Å². The average molecular weight is 406 g/mol. The normalized spacial score (nSPS) is 15.5. The molecule has 28 heavy (non-hydrogen) atoms. The van der Waals surface area contributed by atoms with Crippen LogP contribution in [0.3, 0.4) is 0 Å². The van der Waals surface area contributed by atoms with Crippen molar-refractivity contribution in [3.63, 3.8) is 0 Å². The first kappa shape index (κ1) is 20.6. The molecule has 152 valence electrons. The molecule has 0 bridgehead atoms. The molecule has 0 aliphatic carbocycles. The van der Waals surface area contributed by atoms with Crippen molar-refractivity contribution < 1.29 is 23.0 Å². The van der Waals surface area contributed by atoms with Gasteiger partial charge in [0.2, 0.25) is 10.0 Å². The fraction of sp³-hybridized carbons (Fsp3) is 0.429. The number of benzene rings is 2. The summed E-state index contributed by atoms with van der Waals surface area (Å²) in [7, 11) is -3.83. The first-order valence-electron chi connectivity index (χ1n) is 9.30. The molecule has 1 aliphatic rings. The van der Waals surface area contributed by atoms with Gasteiger partial charge < -0.3 is 14.6 Å². The highest BCUT2D eigenvalue weighted by molar-refractivity contribution is 7.89. The van der Waals surface area contributed by atoms with Crippen LogP contribution >= 0.6 is 0 Å². The summed E-state index contributed by atoms with van der Waals surface area (Å²) in [6, 6.07) is 13.7. The molecule has 1 N–H and O–H groups in total. The molecule has 6 nitrogen and oxygen atoms in total. The van der Waals surface area contributed by atoms with E-state index in [1.807, 2.05) is 39.0 Å². The second kappa shape index (κ2) is 8.11. The Labute approximate surface area is 166 Å². The Balaban J connectivity index is 1.92. The molecule has 0 aromatic heterocycles. The van der Waals surface area contributed by atoms with Crippen LogP contribution < -0.4 is 9.47 Å². The highest BCUT2D eigenvalue weighted by Gasteiger charge is 2.31. The van der Waals surface area contributed by atoms with Gasteiger partial charge in [-0.2, -0.15) is 4.31 Å². The Morgan fingerprint density at radius 3 is 2.32 bits per heavy atom. The van der Waals surface area contributed by atoms with Crippen LogP contribution in [0.2, 0.25) is 0 Å². The SMILES string of the molecule is CC(C)(C)CN(C[C@H](O)c1ccccc1)S(=O)(=O)c1ccc2c(c1)OCCO2. The Morgan fingerprint density at radius 2 is 1.68 bits per heavy atom. The van der Waals surface area contributed by atoms with E-state index in [1.54, 1.807) is 18.2 Å². The van der Waals surface area contributed by atoms with Gasteiger partial charge in [0.15, 0.2) is 11.5 Å².